The average Bonchev–Trinajstić information content (AvgIpc) is 3.44. The van der Waals surface area contributed by atoms with Crippen molar-refractivity contribution in [2.24, 2.45) is 5.41 Å². The Morgan fingerprint density at radius 1 is 1.19 bits per heavy atom. The molecule has 11 heteroatoms. The number of hydrogen-bond acceptors (Lipinski definition) is 9. The van der Waals surface area contributed by atoms with Crippen LogP contribution in [0.4, 0.5) is 23.7 Å². The van der Waals surface area contributed by atoms with Gasteiger partial charge in [0.2, 0.25) is 17.8 Å². The molecule has 0 spiro atoms. The van der Waals surface area contributed by atoms with Gasteiger partial charge in [-0.25, -0.2) is 4.79 Å². The third kappa shape index (κ3) is 3.96. The van der Waals surface area contributed by atoms with Crippen LogP contribution in [-0.2, 0) is 9.53 Å². The van der Waals surface area contributed by atoms with Crippen molar-refractivity contribution in [3.63, 3.8) is 0 Å². The summed E-state index contributed by atoms with van der Waals surface area (Å²) in [4.78, 5) is 30.1. The number of anilines is 4. The zero-order valence-electron chi connectivity index (χ0n) is 18.8. The molecule has 2 aromatic heterocycles. The first-order valence-corrected chi connectivity index (χ1v) is 11.2. The highest BCUT2D eigenvalue weighted by Crippen LogP contribution is 2.43. The highest BCUT2D eigenvalue weighted by atomic mass is 16.5. The number of morpholine rings is 1. The number of aromatic nitrogens is 5. The molecule has 1 atom stereocenters. The maximum absolute atomic E-state index is 12.3. The highest BCUT2D eigenvalue weighted by Gasteiger charge is 2.52. The summed E-state index contributed by atoms with van der Waals surface area (Å²) in [6.07, 6.45) is 2.86. The van der Waals surface area contributed by atoms with Crippen LogP contribution in [0.3, 0.4) is 0 Å². The van der Waals surface area contributed by atoms with Crippen LogP contribution in [0.15, 0.2) is 6.07 Å². The molecule has 3 aliphatic rings. The third-order valence-electron chi connectivity index (χ3n) is 6.47. The minimum Gasteiger partial charge on any atom is -0.480 e. The molecule has 5 rings (SSSR count). The van der Waals surface area contributed by atoms with E-state index in [4.69, 9.17) is 9.72 Å². The lowest BCUT2D eigenvalue weighted by atomic mass is 9.85. The van der Waals surface area contributed by atoms with Gasteiger partial charge in [-0.15, -0.1) is 0 Å². The number of carboxylic acid groups (broad SMARTS) is 1. The maximum Gasteiger partial charge on any atom is 0.329 e. The number of carboxylic acids is 1. The van der Waals surface area contributed by atoms with E-state index in [9.17, 15) is 9.90 Å². The van der Waals surface area contributed by atoms with E-state index >= 15 is 0 Å². The van der Waals surface area contributed by atoms with E-state index in [1.807, 2.05) is 11.0 Å². The van der Waals surface area contributed by atoms with Crippen molar-refractivity contribution in [1.29, 1.82) is 0 Å². The summed E-state index contributed by atoms with van der Waals surface area (Å²) < 4.78 is 5.47. The Labute approximate surface area is 186 Å². The van der Waals surface area contributed by atoms with Gasteiger partial charge in [0, 0.05) is 37.3 Å². The van der Waals surface area contributed by atoms with Crippen molar-refractivity contribution in [2.45, 2.75) is 51.5 Å². The summed E-state index contributed by atoms with van der Waals surface area (Å²) in [6, 6.07) is 1.98. The molecule has 2 aromatic rings. The number of carbonyl (C=O) groups is 1. The van der Waals surface area contributed by atoms with Crippen LogP contribution in [-0.4, -0.2) is 74.6 Å². The van der Waals surface area contributed by atoms with Crippen molar-refractivity contribution < 1.29 is 14.6 Å². The van der Waals surface area contributed by atoms with Crippen LogP contribution in [0.25, 0.3) is 0 Å². The molecule has 172 valence electrons. The van der Waals surface area contributed by atoms with E-state index in [0.29, 0.717) is 68.8 Å². The van der Waals surface area contributed by atoms with E-state index in [2.05, 4.69) is 39.3 Å². The van der Waals surface area contributed by atoms with Gasteiger partial charge < -0.3 is 25.0 Å². The van der Waals surface area contributed by atoms with Crippen molar-refractivity contribution in [1.82, 2.24) is 25.1 Å². The zero-order chi connectivity index (χ0) is 22.5. The summed E-state index contributed by atoms with van der Waals surface area (Å²) in [5, 5.41) is 20.7. The Bertz CT molecular complexity index is 1010. The molecule has 11 nitrogen and oxygen atoms in total. The molecule has 3 N–H and O–H groups in total. The average molecular weight is 443 g/mol. The van der Waals surface area contributed by atoms with Crippen LogP contribution >= 0.6 is 0 Å². The molecular weight excluding hydrogens is 412 g/mol. The number of rotatable bonds is 6. The SMILES string of the molecule is CC1(C)CN(c2nc(Nc3cc(C4CC4)[nH]n3)nc(N3CCOCC3)n2)C(C)(C(=O)O)C1. The number of nitrogens with one attached hydrogen (secondary N) is 2. The number of ether oxygens (including phenoxy) is 1. The molecular formula is C21H30N8O3. The van der Waals surface area contributed by atoms with Gasteiger partial charge in [-0.05, 0) is 31.6 Å². The molecule has 4 heterocycles. The maximum atomic E-state index is 12.3. The second-order valence-corrected chi connectivity index (χ2v) is 9.97. The fourth-order valence-corrected chi connectivity index (χ4v) is 4.72. The number of nitrogens with zero attached hydrogens (tertiary/aromatic N) is 6. The standard InChI is InChI=1S/C21H30N8O3/c1-20(2)11-21(3,16(30)31)29(12-20)19-24-17(22-15-10-14(26-27-15)13-4-5-13)23-18(25-19)28-6-8-32-9-7-28/h10,13H,4-9,11-12H2,1-3H3,(H,30,31)(H2,22,23,24,25,26,27). The Balaban J connectivity index is 1.51. The quantitative estimate of drug-likeness (QED) is 0.611. The number of aromatic amines is 1. The van der Waals surface area contributed by atoms with Gasteiger partial charge in [0.05, 0.1) is 13.2 Å². The zero-order valence-corrected chi connectivity index (χ0v) is 18.8. The normalized spacial score (nSPS) is 25.2. The summed E-state index contributed by atoms with van der Waals surface area (Å²) in [5.41, 5.74) is -0.182. The van der Waals surface area contributed by atoms with Gasteiger partial charge in [0.15, 0.2) is 5.82 Å². The Kier molecular flexibility index (Phi) is 4.95. The lowest BCUT2D eigenvalue weighted by Crippen LogP contribution is -2.49. The largest absolute Gasteiger partial charge is 0.480 e. The first kappa shape index (κ1) is 20.9. The molecule has 1 saturated carbocycles. The predicted octanol–water partition coefficient (Wildman–Crippen LogP) is 2.13. The van der Waals surface area contributed by atoms with Crippen molar-refractivity contribution in [2.75, 3.05) is 48.0 Å². The topological polar surface area (TPSA) is 132 Å². The van der Waals surface area contributed by atoms with Crippen LogP contribution < -0.4 is 15.1 Å². The molecule has 1 unspecified atom stereocenters. The smallest absolute Gasteiger partial charge is 0.329 e. The van der Waals surface area contributed by atoms with E-state index in [1.165, 1.54) is 12.8 Å². The van der Waals surface area contributed by atoms with Crippen LogP contribution in [0.1, 0.15) is 51.6 Å². The first-order chi connectivity index (χ1) is 15.2. The van der Waals surface area contributed by atoms with Crippen LogP contribution in [0.5, 0.6) is 0 Å². The van der Waals surface area contributed by atoms with Gasteiger partial charge in [-0.3, -0.25) is 5.10 Å². The molecule has 2 saturated heterocycles. The number of aliphatic carboxylic acids is 1. The minimum atomic E-state index is -1.10. The van der Waals surface area contributed by atoms with Crippen molar-refractivity contribution in [3.8, 4) is 0 Å². The van der Waals surface area contributed by atoms with E-state index in [1.54, 1.807) is 11.8 Å². The van der Waals surface area contributed by atoms with Gasteiger partial charge in [-0.1, -0.05) is 13.8 Å². The number of H-pyrrole nitrogens is 1. The summed E-state index contributed by atoms with van der Waals surface area (Å²) in [5.74, 6) is 1.53. The Morgan fingerprint density at radius 3 is 2.59 bits per heavy atom. The summed E-state index contributed by atoms with van der Waals surface area (Å²) >= 11 is 0. The monoisotopic (exact) mass is 442 g/mol. The van der Waals surface area contributed by atoms with Crippen LogP contribution in [0, 0.1) is 5.41 Å². The molecule has 0 aromatic carbocycles. The Morgan fingerprint density at radius 2 is 1.91 bits per heavy atom. The first-order valence-electron chi connectivity index (χ1n) is 11.2. The number of hydrogen-bond donors (Lipinski definition) is 3. The highest BCUT2D eigenvalue weighted by molar-refractivity contribution is 5.83. The van der Waals surface area contributed by atoms with E-state index in [0.717, 1.165) is 5.69 Å². The van der Waals surface area contributed by atoms with Crippen molar-refractivity contribution >= 4 is 29.6 Å². The molecule has 32 heavy (non-hydrogen) atoms. The van der Waals surface area contributed by atoms with Gasteiger partial charge >= 0.3 is 5.97 Å². The molecule has 0 amide bonds. The van der Waals surface area contributed by atoms with Gasteiger partial charge in [-0.2, -0.15) is 20.1 Å². The molecule has 1 aliphatic carbocycles. The van der Waals surface area contributed by atoms with E-state index < -0.39 is 11.5 Å². The minimum absolute atomic E-state index is 0.187. The van der Waals surface area contributed by atoms with Gasteiger partial charge in [0.1, 0.15) is 5.54 Å². The van der Waals surface area contributed by atoms with Crippen LogP contribution in [0.2, 0.25) is 0 Å². The fraction of sp³-hybridized carbons (Fsp3) is 0.667. The second kappa shape index (κ2) is 7.58. The fourth-order valence-electron chi connectivity index (χ4n) is 4.72. The molecule has 2 aliphatic heterocycles. The predicted molar refractivity (Wildman–Crippen MR) is 118 cm³/mol. The Hall–Kier alpha value is -2.95. The summed E-state index contributed by atoms with van der Waals surface area (Å²) in [6.45, 7) is 8.94. The van der Waals surface area contributed by atoms with Crippen molar-refractivity contribution in [3.05, 3.63) is 11.8 Å². The second-order valence-electron chi connectivity index (χ2n) is 9.97. The molecule has 3 fully saturated rings. The summed E-state index contributed by atoms with van der Waals surface area (Å²) in [7, 11) is 0. The molecule has 0 bridgehead atoms. The molecule has 0 radical (unpaired) electrons. The lowest BCUT2D eigenvalue weighted by molar-refractivity contribution is -0.142. The van der Waals surface area contributed by atoms with Gasteiger partial charge in [0.25, 0.3) is 0 Å². The lowest BCUT2D eigenvalue weighted by Gasteiger charge is -2.32. The van der Waals surface area contributed by atoms with E-state index in [-0.39, 0.29) is 5.41 Å². The third-order valence-corrected chi connectivity index (χ3v) is 6.47.